The molecule has 2 unspecified atom stereocenters. The summed E-state index contributed by atoms with van der Waals surface area (Å²) in [4.78, 5) is 6.53. The average molecular weight is 290 g/mol. The minimum Gasteiger partial charge on any atom is -0.354 e. The second-order valence-corrected chi connectivity index (χ2v) is 6.02. The highest BCUT2D eigenvalue weighted by Gasteiger charge is 2.15. The first-order valence-corrected chi connectivity index (χ1v) is 7.64. The molecule has 4 heteroatoms. The van der Waals surface area contributed by atoms with Crippen molar-refractivity contribution in [1.29, 1.82) is 0 Å². The SMILES string of the molecule is CN=C(NCC(c1ccccc1)N(C)C)NC(C)C(C)C. The molecule has 0 aliphatic carbocycles. The first-order valence-electron chi connectivity index (χ1n) is 7.64. The zero-order valence-electron chi connectivity index (χ0n) is 14.2. The van der Waals surface area contributed by atoms with E-state index < -0.39 is 0 Å². The van der Waals surface area contributed by atoms with Crippen LogP contribution in [0.2, 0.25) is 0 Å². The van der Waals surface area contributed by atoms with Gasteiger partial charge < -0.3 is 15.5 Å². The maximum Gasteiger partial charge on any atom is 0.191 e. The molecule has 0 aliphatic rings. The van der Waals surface area contributed by atoms with E-state index in [0.717, 1.165) is 12.5 Å². The van der Waals surface area contributed by atoms with Crippen LogP contribution in [0, 0.1) is 5.92 Å². The maximum absolute atomic E-state index is 4.31. The van der Waals surface area contributed by atoms with Crippen molar-refractivity contribution in [1.82, 2.24) is 15.5 Å². The summed E-state index contributed by atoms with van der Waals surface area (Å²) in [5.41, 5.74) is 1.31. The first-order chi connectivity index (χ1) is 9.95. The molecule has 0 aliphatic heterocycles. The lowest BCUT2D eigenvalue weighted by Gasteiger charge is -2.27. The van der Waals surface area contributed by atoms with E-state index in [-0.39, 0.29) is 0 Å². The lowest BCUT2D eigenvalue weighted by Crippen LogP contribution is -2.46. The summed E-state index contributed by atoms with van der Waals surface area (Å²) in [5, 5.41) is 6.86. The summed E-state index contributed by atoms with van der Waals surface area (Å²) in [6.07, 6.45) is 0. The standard InChI is InChI=1S/C17H30N4/c1-13(2)14(3)20-17(18-4)19-12-16(21(5)6)15-10-8-7-9-11-15/h7-11,13-14,16H,12H2,1-6H3,(H2,18,19,20). The van der Waals surface area contributed by atoms with Crippen molar-refractivity contribution in [3.63, 3.8) is 0 Å². The molecule has 1 aromatic carbocycles. The van der Waals surface area contributed by atoms with Gasteiger partial charge >= 0.3 is 0 Å². The minimum atomic E-state index is 0.319. The van der Waals surface area contributed by atoms with Gasteiger partial charge in [0.05, 0.1) is 6.04 Å². The monoisotopic (exact) mass is 290 g/mol. The quantitative estimate of drug-likeness (QED) is 0.624. The molecular formula is C17H30N4. The predicted molar refractivity (Wildman–Crippen MR) is 91.7 cm³/mol. The fourth-order valence-corrected chi connectivity index (χ4v) is 2.04. The Kier molecular flexibility index (Phi) is 7.23. The van der Waals surface area contributed by atoms with Crippen molar-refractivity contribution in [3.8, 4) is 0 Å². The fourth-order valence-electron chi connectivity index (χ4n) is 2.04. The van der Waals surface area contributed by atoms with Gasteiger partial charge in [0.15, 0.2) is 5.96 Å². The van der Waals surface area contributed by atoms with Gasteiger partial charge in [-0.1, -0.05) is 44.2 Å². The van der Waals surface area contributed by atoms with Gasteiger partial charge in [-0.25, -0.2) is 0 Å². The molecule has 2 N–H and O–H groups in total. The predicted octanol–water partition coefficient (Wildman–Crippen LogP) is 2.50. The van der Waals surface area contributed by atoms with Crippen LogP contribution < -0.4 is 10.6 Å². The van der Waals surface area contributed by atoms with E-state index in [4.69, 9.17) is 0 Å². The van der Waals surface area contributed by atoms with Gasteiger partial charge in [-0.15, -0.1) is 0 Å². The Balaban J connectivity index is 2.65. The molecule has 0 saturated carbocycles. The second kappa shape index (κ2) is 8.67. The summed E-state index contributed by atoms with van der Waals surface area (Å²) in [5.74, 6) is 1.43. The number of hydrogen-bond acceptors (Lipinski definition) is 2. The third kappa shape index (κ3) is 5.76. The molecule has 0 bridgehead atoms. The van der Waals surface area contributed by atoms with Crippen molar-refractivity contribution in [3.05, 3.63) is 35.9 Å². The smallest absolute Gasteiger partial charge is 0.191 e. The van der Waals surface area contributed by atoms with Crippen molar-refractivity contribution in [2.45, 2.75) is 32.9 Å². The Labute approximate surface area is 129 Å². The normalized spacial score (nSPS) is 15.1. The molecule has 0 heterocycles. The molecule has 0 spiro atoms. The molecule has 1 aromatic rings. The van der Waals surface area contributed by atoms with Gasteiger partial charge in [0.25, 0.3) is 0 Å². The molecule has 0 saturated heterocycles. The molecule has 0 radical (unpaired) electrons. The van der Waals surface area contributed by atoms with Gasteiger partial charge in [-0.2, -0.15) is 0 Å². The minimum absolute atomic E-state index is 0.319. The largest absolute Gasteiger partial charge is 0.354 e. The Hall–Kier alpha value is -1.55. The summed E-state index contributed by atoms with van der Waals surface area (Å²) >= 11 is 0. The third-order valence-electron chi connectivity index (χ3n) is 3.86. The summed E-state index contributed by atoms with van der Waals surface area (Å²) in [6, 6.07) is 11.3. The van der Waals surface area contributed by atoms with Crippen molar-refractivity contribution >= 4 is 5.96 Å². The summed E-state index contributed by atoms with van der Waals surface area (Å²) < 4.78 is 0. The molecule has 0 aromatic heterocycles. The van der Waals surface area contributed by atoms with Crippen LogP contribution in [-0.2, 0) is 0 Å². The maximum atomic E-state index is 4.31. The summed E-state index contributed by atoms with van der Waals surface area (Å²) in [6.45, 7) is 7.41. The van der Waals surface area contributed by atoms with Gasteiger partial charge in [-0.3, -0.25) is 4.99 Å². The number of rotatable bonds is 6. The number of nitrogens with one attached hydrogen (secondary N) is 2. The van der Waals surface area contributed by atoms with Crippen LogP contribution in [0.5, 0.6) is 0 Å². The second-order valence-electron chi connectivity index (χ2n) is 6.02. The zero-order chi connectivity index (χ0) is 15.8. The van der Waals surface area contributed by atoms with E-state index in [9.17, 15) is 0 Å². The summed E-state index contributed by atoms with van der Waals surface area (Å²) in [7, 11) is 6.02. The van der Waals surface area contributed by atoms with Crippen molar-refractivity contribution in [2.24, 2.45) is 10.9 Å². The highest BCUT2D eigenvalue weighted by molar-refractivity contribution is 5.80. The number of guanidine groups is 1. The van der Waals surface area contributed by atoms with E-state index in [0.29, 0.717) is 18.0 Å². The van der Waals surface area contributed by atoms with Crippen molar-refractivity contribution < 1.29 is 0 Å². The van der Waals surface area contributed by atoms with Crippen LogP contribution in [0.4, 0.5) is 0 Å². The molecule has 118 valence electrons. The Morgan fingerprint density at radius 1 is 1.14 bits per heavy atom. The molecule has 0 fully saturated rings. The molecule has 4 nitrogen and oxygen atoms in total. The van der Waals surface area contributed by atoms with Crippen LogP contribution in [0.1, 0.15) is 32.4 Å². The molecule has 0 amide bonds. The van der Waals surface area contributed by atoms with E-state index in [1.165, 1.54) is 5.56 Å². The van der Waals surface area contributed by atoms with Crippen LogP contribution >= 0.6 is 0 Å². The van der Waals surface area contributed by atoms with Crippen molar-refractivity contribution in [2.75, 3.05) is 27.7 Å². The van der Waals surface area contributed by atoms with E-state index in [1.54, 1.807) is 0 Å². The zero-order valence-corrected chi connectivity index (χ0v) is 14.2. The van der Waals surface area contributed by atoms with E-state index >= 15 is 0 Å². The Bertz CT molecular complexity index is 426. The lowest BCUT2D eigenvalue weighted by molar-refractivity contribution is 0.297. The number of nitrogens with zero attached hydrogens (tertiary/aromatic N) is 2. The van der Waals surface area contributed by atoms with Gasteiger partial charge in [0.1, 0.15) is 0 Å². The number of benzene rings is 1. The molecule has 21 heavy (non-hydrogen) atoms. The van der Waals surface area contributed by atoms with Crippen LogP contribution in [0.3, 0.4) is 0 Å². The molecular weight excluding hydrogens is 260 g/mol. The van der Waals surface area contributed by atoms with Gasteiger partial charge in [0.2, 0.25) is 0 Å². The average Bonchev–Trinajstić information content (AvgIpc) is 2.46. The first kappa shape index (κ1) is 17.5. The van der Waals surface area contributed by atoms with Crippen LogP contribution in [-0.4, -0.2) is 44.6 Å². The molecule has 2 atom stereocenters. The van der Waals surface area contributed by atoms with Crippen LogP contribution in [0.15, 0.2) is 35.3 Å². The highest BCUT2D eigenvalue weighted by Crippen LogP contribution is 2.16. The lowest BCUT2D eigenvalue weighted by atomic mass is 10.1. The topological polar surface area (TPSA) is 39.7 Å². The number of aliphatic imine (C=N–C) groups is 1. The Morgan fingerprint density at radius 3 is 2.24 bits per heavy atom. The van der Waals surface area contributed by atoms with Gasteiger partial charge in [0, 0.05) is 19.6 Å². The molecule has 1 rings (SSSR count). The third-order valence-corrected chi connectivity index (χ3v) is 3.86. The number of hydrogen-bond donors (Lipinski definition) is 2. The fraction of sp³-hybridized carbons (Fsp3) is 0.588. The van der Waals surface area contributed by atoms with Crippen LogP contribution in [0.25, 0.3) is 0 Å². The van der Waals surface area contributed by atoms with E-state index in [1.807, 2.05) is 7.05 Å². The number of likely N-dealkylation sites (N-methyl/N-ethyl adjacent to an activating group) is 1. The highest BCUT2D eigenvalue weighted by atomic mass is 15.2. The van der Waals surface area contributed by atoms with E-state index in [2.05, 4.69) is 85.7 Å². The Morgan fingerprint density at radius 2 is 1.76 bits per heavy atom. The van der Waals surface area contributed by atoms with Gasteiger partial charge in [-0.05, 0) is 32.5 Å².